The van der Waals surface area contributed by atoms with Gasteiger partial charge in [0, 0.05) is 17.5 Å². The number of nitrogens with one attached hydrogen (secondary N) is 1. The number of amides is 1. The molecule has 1 aliphatic heterocycles. The average Bonchev–Trinajstić information content (AvgIpc) is 3.10. The number of fused-ring (bicyclic) bond motifs is 1. The molecule has 4 rings (SSSR count). The molecule has 138 valence electrons. The Balaban J connectivity index is 1.43. The highest BCUT2D eigenvalue weighted by Crippen LogP contribution is 2.34. The number of para-hydroxylation sites is 2. The molecule has 2 heterocycles. The second kappa shape index (κ2) is 7.40. The molecule has 1 aliphatic rings. The van der Waals surface area contributed by atoms with Crippen LogP contribution in [0.3, 0.4) is 0 Å². The summed E-state index contributed by atoms with van der Waals surface area (Å²) >= 11 is 1.48. The zero-order valence-electron chi connectivity index (χ0n) is 15.1. The SMILES string of the molecule is Cc1ccccc1Cc1cnc(NC(=O)[C@H]2Oc3ccccc3O[C@@H]2C)s1. The monoisotopic (exact) mass is 380 g/mol. The molecule has 2 atom stereocenters. The molecule has 0 saturated heterocycles. The molecule has 6 heteroatoms. The lowest BCUT2D eigenvalue weighted by Gasteiger charge is -2.30. The summed E-state index contributed by atoms with van der Waals surface area (Å²) in [5.74, 6) is 0.979. The van der Waals surface area contributed by atoms with Crippen LogP contribution in [0.1, 0.15) is 22.9 Å². The van der Waals surface area contributed by atoms with E-state index in [0.717, 1.165) is 11.3 Å². The molecule has 0 spiro atoms. The predicted molar refractivity (Wildman–Crippen MR) is 106 cm³/mol. The van der Waals surface area contributed by atoms with Gasteiger partial charge >= 0.3 is 0 Å². The van der Waals surface area contributed by atoms with Crippen molar-refractivity contribution in [3.63, 3.8) is 0 Å². The van der Waals surface area contributed by atoms with Gasteiger partial charge in [0.05, 0.1) is 0 Å². The van der Waals surface area contributed by atoms with Crippen LogP contribution in [0.5, 0.6) is 11.5 Å². The smallest absolute Gasteiger partial charge is 0.271 e. The number of rotatable bonds is 4. The van der Waals surface area contributed by atoms with Crippen molar-refractivity contribution in [3.05, 3.63) is 70.7 Å². The first-order valence-corrected chi connectivity index (χ1v) is 9.64. The summed E-state index contributed by atoms with van der Waals surface area (Å²) in [4.78, 5) is 18.1. The first-order chi connectivity index (χ1) is 13.1. The normalized spacial score (nSPS) is 18.1. The molecule has 1 N–H and O–H groups in total. The lowest BCUT2D eigenvalue weighted by Crippen LogP contribution is -2.46. The number of thiazole rings is 1. The molecule has 3 aromatic rings. The second-order valence-electron chi connectivity index (χ2n) is 6.53. The third kappa shape index (κ3) is 3.80. The molecule has 1 amide bonds. The first kappa shape index (κ1) is 17.5. The molecular weight excluding hydrogens is 360 g/mol. The van der Waals surface area contributed by atoms with Crippen molar-refractivity contribution in [3.8, 4) is 11.5 Å². The average molecular weight is 380 g/mol. The fraction of sp³-hybridized carbons (Fsp3) is 0.238. The highest BCUT2D eigenvalue weighted by Gasteiger charge is 2.34. The number of anilines is 1. The van der Waals surface area contributed by atoms with E-state index in [9.17, 15) is 4.79 Å². The van der Waals surface area contributed by atoms with E-state index in [-0.39, 0.29) is 12.0 Å². The third-order valence-corrected chi connectivity index (χ3v) is 5.42. The van der Waals surface area contributed by atoms with Crippen LogP contribution < -0.4 is 14.8 Å². The van der Waals surface area contributed by atoms with Crippen LogP contribution >= 0.6 is 11.3 Å². The third-order valence-electron chi connectivity index (χ3n) is 4.51. The van der Waals surface area contributed by atoms with Gasteiger partial charge in [-0.2, -0.15) is 0 Å². The highest BCUT2D eigenvalue weighted by molar-refractivity contribution is 7.15. The van der Waals surface area contributed by atoms with E-state index in [4.69, 9.17) is 9.47 Å². The number of aromatic nitrogens is 1. The number of ether oxygens (including phenoxy) is 2. The number of hydrogen-bond donors (Lipinski definition) is 1. The van der Waals surface area contributed by atoms with Crippen LogP contribution in [0.4, 0.5) is 5.13 Å². The number of aryl methyl sites for hydroxylation is 1. The molecule has 0 bridgehead atoms. The fourth-order valence-corrected chi connectivity index (χ4v) is 3.86. The van der Waals surface area contributed by atoms with Gasteiger partial charge in [-0.15, -0.1) is 11.3 Å². The molecule has 2 aromatic carbocycles. The maximum absolute atomic E-state index is 12.7. The van der Waals surface area contributed by atoms with E-state index in [1.165, 1.54) is 22.5 Å². The van der Waals surface area contributed by atoms with Crippen LogP contribution in [0.2, 0.25) is 0 Å². The Kier molecular flexibility index (Phi) is 4.81. The number of hydrogen-bond acceptors (Lipinski definition) is 5. The summed E-state index contributed by atoms with van der Waals surface area (Å²) < 4.78 is 11.6. The van der Waals surface area contributed by atoms with Crippen molar-refractivity contribution < 1.29 is 14.3 Å². The summed E-state index contributed by atoms with van der Waals surface area (Å²) in [5.41, 5.74) is 2.50. The Bertz CT molecular complexity index is 969. The summed E-state index contributed by atoms with van der Waals surface area (Å²) in [6.45, 7) is 3.92. The molecule has 0 fully saturated rings. The maximum Gasteiger partial charge on any atom is 0.271 e. The quantitative estimate of drug-likeness (QED) is 0.737. The summed E-state index contributed by atoms with van der Waals surface area (Å²) in [6.07, 6.45) is 1.51. The molecular formula is C21H20N2O3S. The topological polar surface area (TPSA) is 60.5 Å². The molecule has 0 aliphatic carbocycles. The standard InChI is InChI=1S/C21H20N2O3S/c1-13-7-3-4-8-15(13)11-16-12-22-21(27-16)23-20(24)19-14(2)25-17-9-5-6-10-18(17)26-19/h3-10,12,14,19H,11H2,1-2H3,(H,22,23,24)/t14-,19+/m1/s1. The summed E-state index contributed by atoms with van der Waals surface area (Å²) in [7, 11) is 0. The van der Waals surface area contributed by atoms with Crippen molar-refractivity contribution in [2.45, 2.75) is 32.5 Å². The lowest BCUT2D eigenvalue weighted by atomic mass is 10.1. The zero-order valence-corrected chi connectivity index (χ0v) is 16.0. The largest absolute Gasteiger partial charge is 0.482 e. The van der Waals surface area contributed by atoms with Gasteiger partial charge in [0.2, 0.25) is 6.10 Å². The van der Waals surface area contributed by atoms with E-state index in [1.54, 1.807) is 6.07 Å². The van der Waals surface area contributed by atoms with Crippen molar-refractivity contribution in [1.82, 2.24) is 4.98 Å². The number of benzene rings is 2. The van der Waals surface area contributed by atoms with Gasteiger partial charge in [0.25, 0.3) is 5.91 Å². The van der Waals surface area contributed by atoms with Crippen molar-refractivity contribution >= 4 is 22.4 Å². The number of carbonyl (C=O) groups excluding carboxylic acids is 1. The molecule has 1 aromatic heterocycles. The Morgan fingerprint density at radius 2 is 1.81 bits per heavy atom. The second-order valence-corrected chi connectivity index (χ2v) is 7.65. The van der Waals surface area contributed by atoms with Crippen LogP contribution in [0.15, 0.2) is 54.7 Å². The van der Waals surface area contributed by atoms with E-state index >= 15 is 0 Å². The number of carbonyl (C=O) groups is 1. The summed E-state index contributed by atoms with van der Waals surface area (Å²) in [5, 5.41) is 3.42. The van der Waals surface area contributed by atoms with Gasteiger partial charge in [-0.1, -0.05) is 36.4 Å². The molecule has 0 unspecified atom stereocenters. The minimum atomic E-state index is -0.719. The maximum atomic E-state index is 12.7. The van der Waals surface area contributed by atoms with Gasteiger partial charge in [0.15, 0.2) is 16.6 Å². The lowest BCUT2D eigenvalue weighted by molar-refractivity contribution is -0.128. The summed E-state index contributed by atoms with van der Waals surface area (Å²) in [6, 6.07) is 15.6. The van der Waals surface area contributed by atoms with Crippen LogP contribution in [0, 0.1) is 6.92 Å². The van der Waals surface area contributed by atoms with E-state index < -0.39 is 6.10 Å². The highest BCUT2D eigenvalue weighted by atomic mass is 32.1. The van der Waals surface area contributed by atoms with E-state index in [1.807, 2.05) is 43.5 Å². The van der Waals surface area contributed by atoms with Gasteiger partial charge in [-0.25, -0.2) is 4.98 Å². The zero-order chi connectivity index (χ0) is 18.8. The predicted octanol–water partition coefficient (Wildman–Crippen LogP) is 4.21. The molecule has 0 saturated carbocycles. The van der Waals surface area contributed by atoms with Crippen LogP contribution in [-0.4, -0.2) is 23.1 Å². The van der Waals surface area contributed by atoms with Gasteiger partial charge < -0.3 is 9.47 Å². The van der Waals surface area contributed by atoms with Crippen molar-refractivity contribution in [2.75, 3.05) is 5.32 Å². The van der Waals surface area contributed by atoms with E-state index in [0.29, 0.717) is 16.6 Å². The van der Waals surface area contributed by atoms with E-state index in [2.05, 4.69) is 29.4 Å². The molecule has 0 radical (unpaired) electrons. The van der Waals surface area contributed by atoms with Crippen LogP contribution in [0.25, 0.3) is 0 Å². The first-order valence-electron chi connectivity index (χ1n) is 8.82. The van der Waals surface area contributed by atoms with Crippen molar-refractivity contribution in [2.24, 2.45) is 0 Å². The number of nitrogens with zero attached hydrogens (tertiary/aromatic N) is 1. The minimum Gasteiger partial charge on any atom is -0.482 e. The minimum absolute atomic E-state index is 0.256. The van der Waals surface area contributed by atoms with Gasteiger partial charge in [-0.3, -0.25) is 10.1 Å². The fourth-order valence-electron chi connectivity index (χ4n) is 3.03. The Morgan fingerprint density at radius 1 is 1.11 bits per heavy atom. The Morgan fingerprint density at radius 3 is 2.59 bits per heavy atom. The molecule has 27 heavy (non-hydrogen) atoms. The molecule has 5 nitrogen and oxygen atoms in total. The van der Waals surface area contributed by atoms with Gasteiger partial charge in [0.1, 0.15) is 6.10 Å². The van der Waals surface area contributed by atoms with Crippen molar-refractivity contribution in [1.29, 1.82) is 0 Å². The Hall–Kier alpha value is -2.86. The van der Waals surface area contributed by atoms with Crippen LogP contribution in [-0.2, 0) is 11.2 Å². The Labute approximate surface area is 162 Å². The van der Waals surface area contributed by atoms with Gasteiger partial charge in [-0.05, 0) is 37.1 Å².